The first-order chi connectivity index (χ1) is 24.4. The average molecular weight is 732 g/mol. The molecule has 0 aromatic heterocycles. The fourth-order valence-electron chi connectivity index (χ4n) is 6.10. The molecule has 8 nitrogen and oxygen atoms in total. The highest BCUT2D eigenvalue weighted by molar-refractivity contribution is 7.47. The second-order valence-electron chi connectivity index (χ2n) is 14.3. The Hall–Kier alpha value is -0.920. The van der Waals surface area contributed by atoms with Gasteiger partial charge >= 0.3 is 13.8 Å². The number of unbranched alkanes of at least 4 members (excludes halogenated alkanes) is 28. The molecule has 0 saturated heterocycles. The molecule has 0 bridgehead atoms. The Morgan fingerprint density at radius 2 is 1.00 bits per heavy atom. The predicted molar refractivity (Wildman–Crippen MR) is 210 cm³/mol. The van der Waals surface area contributed by atoms with Crippen LogP contribution in [0.5, 0.6) is 0 Å². The molecule has 0 spiro atoms. The van der Waals surface area contributed by atoms with Crippen molar-refractivity contribution in [2.24, 2.45) is 5.73 Å². The predicted octanol–water partition coefficient (Wildman–Crippen LogP) is 12.7. The van der Waals surface area contributed by atoms with E-state index in [1.165, 1.54) is 161 Å². The Morgan fingerprint density at radius 3 is 1.42 bits per heavy atom. The summed E-state index contributed by atoms with van der Waals surface area (Å²) in [5.74, 6) is -0.286. The van der Waals surface area contributed by atoms with Crippen LogP contribution < -0.4 is 5.73 Å². The lowest BCUT2D eigenvalue weighted by molar-refractivity contribution is -0.147. The second-order valence-corrected chi connectivity index (χ2v) is 15.7. The molecule has 0 saturated carbocycles. The monoisotopic (exact) mass is 732 g/mol. The molecule has 0 aromatic carbocycles. The van der Waals surface area contributed by atoms with Gasteiger partial charge in [0.2, 0.25) is 0 Å². The number of carbonyl (C=O) groups is 1. The third kappa shape index (κ3) is 38.3. The second kappa shape index (κ2) is 39.3. The number of hydrogen-bond donors (Lipinski definition) is 2. The smallest absolute Gasteiger partial charge is 0.472 e. The number of nitrogens with two attached hydrogens (primary N) is 1. The molecule has 0 aliphatic heterocycles. The summed E-state index contributed by atoms with van der Waals surface area (Å²) >= 11 is 0. The number of phosphoric ester groups is 1. The van der Waals surface area contributed by atoms with Gasteiger partial charge in [-0.15, -0.1) is 0 Å². The topological polar surface area (TPSA) is 117 Å². The fraction of sp³-hybridized carbons (Fsp3) is 0.927. The van der Waals surface area contributed by atoms with Crippen LogP contribution >= 0.6 is 7.82 Å². The third-order valence-electron chi connectivity index (χ3n) is 9.30. The van der Waals surface area contributed by atoms with Crippen molar-refractivity contribution in [2.45, 2.75) is 219 Å². The molecule has 298 valence electrons. The van der Waals surface area contributed by atoms with Gasteiger partial charge in [0, 0.05) is 13.0 Å². The summed E-state index contributed by atoms with van der Waals surface area (Å²) in [5.41, 5.74) is 5.36. The summed E-state index contributed by atoms with van der Waals surface area (Å²) in [6, 6.07) is 0. The molecular formula is C41H82NO7P. The maximum absolute atomic E-state index is 12.4. The van der Waals surface area contributed by atoms with E-state index in [1.807, 2.05) is 6.08 Å². The molecule has 0 rings (SSSR count). The van der Waals surface area contributed by atoms with Gasteiger partial charge in [-0.25, -0.2) is 4.57 Å². The molecule has 2 unspecified atom stereocenters. The van der Waals surface area contributed by atoms with E-state index in [0.717, 1.165) is 32.1 Å². The summed E-state index contributed by atoms with van der Waals surface area (Å²) in [6.07, 6.45) is 41.8. The van der Waals surface area contributed by atoms with Gasteiger partial charge in [-0.2, -0.15) is 0 Å². The first kappa shape index (κ1) is 49.1. The number of rotatable bonds is 41. The zero-order valence-corrected chi connectivity index (χ0v) is 33.8. The van der Waals surface area contributed by atoms with Gasteiger partial charge in [0.05, 0.1) is 19.5 Å². The number of carbonyl (C=O) groups excluding carboxylic acids is 1. The lowest BCUT2D eigenvalue weighted by Crippen LogP contribution is -2.25. The summed E-state index contributed by atoms with van der Waals surface area (Å²) in [6.45, 7) is 4.25. The van der Waals surface area contributed by atoms with E-state index in [9.17, 15) is 14.3 Å². The molecule has 50 heavy (non-hydrogen) atoms. The van der Waals surface area contributed by atoms with Gasteiger partial charge in [0.15, 0.2) is 6.10 Å². The SMILES string of the molecule is CCCCCCCCCCCCCCC=COC(COC(=O)CCCCCCCCCCCCCCCCCCC)COP(=O)(O)OCCN. The van der Waals surface area contributed by atoms with Gasteiger partial charge in [0.1, 0.15) is 6.61 Å². The molecule has 0 radical (unpaired) electrons. The average Bonchev–Trinajstić information content (AvgIpc) is 3.11. The maximum atomic E-state index is 12.4. The van der Waals surface area contributed by atoms with Gasteiger partial charge in [0.25, 0.3) is 0 Å². The van der Waals surface area contributed by atoms with Crippen LogP contribution in [0.1, 0.15) is 213 Å². The van der Waals surface area contributed by atoms with Crippen LogP contribution in [0.4, 0.5) is 0 Å². The van der Waals surface area contributed by atoms with E-state index in [4.69, 9.17) is 24.3 Å². The Balaban J connectivity index is 4.03. The van der Waals surface area contributed by atoms with E-state index in [-0.39, 0.29) is 32.3 Å². The summed E-state index contributed by atoms with van der Waals surface area (Å²) in [4.78, 5) is 22.2. The first-order valence-electron chi connectivity index (χ1n) is 21.2. The highest BCUT2D eigenvalue weighted by atomic mass is 31.2. The number of esters is 1. The highest BCUT2D eigenvalue weighted by Crippen LogP contribution is 2.43. The minimum absolute atomic E-state index is 0.0579. The van der Waals surface area contributed by atoms with E-state index in [1.54, 1.807) is 6.26 Å². The zero-order valence-electron chi connectivity index (χ0n) is 32.9. The number of allylic oxidation sites excluding steroid dienone is 1. The molecule has 0 fully saturated rings. The largest absolute Gasteiger partial charge is 0.492 e. The Kier molecular flexibility index (Phi) is 38.6. The van der Waals surface area contributed by atoms with Crippen molar-refractivity contribution in [3.8, 4) is 0 Å². The van der Waals surface area contributed by atoms with Crippen LogP contribution in [0.3, 0.4) is 0 Å². The maximum Gasteiger partial charge on any atom is 0.472 e. The lowest BCUT2D eigenvalue weighted by atomic mass is 10.0. The van der Waals surface area contributed by atoms with Crippen LogP contribution in [-0.2, 0) is 27.9 Å². The Bertz CT molecular complexity index is 782. The molecule has 3 N–H and O–H groups in total. The van der Waals surface area contributed by atoms with Gasteiger partial charge in [-0.1, -0.05) is 187 Å². The van der Waals surface area contributed by atoms with E-state index >= 15 is 0 Å². The van der Waals surface area contributed by atoms with Crippen molar-refractivity contribution in [3.05, 3.63) is 12.3 Å². The minimum Gasteiger partial charge on any atom is -0.492 e. The Morgan fingerprint density at radius 1 is 0.600 bits per heavy atom. The quantitative estimate of drug-likeness (QED) is 0.0276. The normalized spacial score (nSPS) is 13.5. The number of phosphoric acid groups is 1. The molecule has 0 aromatic rings. The molecule has 9 heteroatoms. The minimum atomic E-state index is -4.26. The zero-order chi connectivity index (χ0) is 36.6. The highest BCUT2D eigenvalue weighted by Gasteiger charge is 2.24. The molecule has 0 amide bonds. The first-order valence-corrected chi connectivity index (χ1v) is 22.7. The van der Waals surface area contributed by atoms with Crippen LogP contribution in [0.2, 0.25) is 0 Å². The molecular weight excluding hydrogens is 649 g/mol. The van der Waals surface area contributed by atoms with Crippen LogP contribution in [0.25, 0.3) is 0 Å². The van der Waals surface area contributed by atoms with Gasteiger partial charge < -0.3 is 20.1 Å². The van der Waals surface area contributed by atoms with Crippen LogP contribution in [0.15, 0.2) is 12.3 Å². The number of hydrogen-bond acceptors (Lipinski definition) is 7. The van der Waals surface area contributed by atoms with Crippen LogP contribution in [-0.4, -0.2) is 43.3 Å². The van der Waals surface area contributed by atoms with E-state index in [2.05, 4.69) is 13.8 Å². The number of ether oxygens (including phenoxy) is 2. The summed E-state index contributed by atoms with van der Waals surface area (Å²) in [5, 5.41) is 0. The standard InChI is InChI=1S/C41H82NO7P/c1-3-5-7-9-11-13-15-17-19-20-21-22-24-26-28-30-32-34-41(43)47-38-40(39-49-50(44,45)48-37-35-42)46-36-33-31-29-27-25-23-18-16-14-12-10-8-6-4-2/h33,36,40H,3-32,34-35,37-39,42H2,1-2H3,(H,44,45). The molecule has 0 aliphatic carbocycles. The fourth-order valence-corrected chi connectivity index (χ4v) is 6.86. The van der Waals surface area contributed by atoms with Crippen molar-refractivity contribution in [1.82, 2.24) is 0 Å². The van der Waals surface area contributed by atoms with Crippen molar-refractivity contribution in [3.63, 3.8) is 0 Å². The summed E-state index contributed by atoms with van der Waals surface area (Å²) in [7, 11) is -4.26. The third-order valence-corrected chi connectivity index (χ3v) is 10.3. The van der Waals surface area contributed by atoms with Gasteiger partial charge in [-0.3, -0.25) is 13.8 Å². The molecule has 2 atom stereocenters. The van der Waals surface area contributed by atoms with Crippen molar-refractivity contribution >= 4 is 13.8 Å². The van der Waals surface area contributed by atoms with Crippen molar-refractivity contribution in [1.29, 1.82) is 0 Å². The van der Waals surface area contributed by atoms with E-state index < -0.39 is 13.9 Å². The summed E-state index contributed by atoms with van der Waals surface area (Å²) < 4.78 is 33.2. The van der Waals surface area contributed by atoms with Crippen molar-refractivity contribution < 1.29 is 32.8 Å². The Labute approximate surface area is 309 Å². The molecule has 0 heterocycles. The molecule has 0 aliphatic rings. The van der Waals surface area contributed by atoms with E-state index in [0.29, 0.717) is 6.42 Å². The van der Waals surface area contributed by atoms with Gasteiger partial charge in [-0.05, 0) is 25.3 Å². The lowest BCUT2D eigenvalue weighted by Gasteiger charge is -2.19. The van der Waals surface area contributed by atoms with Crippen molar-refractivity contribution in [2.75, 3.05) is 26.4 Å². The van der Waals surface area contributed by atoms with Crippen LogP contribution in [0, 0.1) is 0 Å².